The van der Waals surface area contributed by atoms with E-state index in [1.165, 1.54) is 13.0 Å². The zero-order valence-electron chi connectivity index (χ0n) is 20.0. The van der Waals surface area contributed by atoms with Crippen LogP contribution in [0.5, 0.6) is 17.2 Å². The third kappa shape index (κ3) is 8.89. The maximum absolute atomic E-state index is 12.3. The Labute approximate surface area is 205 Å². The molecule has 3 rings (SSSR count). The molecule has 0 aliphatic carbocycles. The molecule has 0 bridgehead atoms. The Morgan fingerprint density at radius 3 is 2.43 bits per heavy atom. The molecule has 0 saturated heterocycles. The molecular weight excluding hydrogens is 444 g/mol. The Hall–Kier alpha value is -4.26. The minimum Gasteiger partial charge on any atom is -0.490 e. The summed E-state index contributed by atoms with van der Waals surface area (Å²) < 4.78 is 17.2. The molecule has 2 amide bonds. The lowest BCUT2D eigenvalue weighted by Gasteiger charge is -2.13. The predicted molar refractivity (Wildman–Crippen MR) is 137 cm³/mol. The summed E-state index contributed by atoms with van der Waals surface area (Å²) in [5, 5.41) is 5.57. The van der Waals surface area contributed by atoms with Gasteiger partial charge in [-0.15, -0.1) is 0 Å². The number of para-hydroxylation sites is 1. The molecule has 0 heterocycles. The molecule has 7 heteroatoms. The van der Waals surface area contributed by atoms with Gasteiger partial charge in [-0.05, 0) is 60.5 Å². The van der Waals surface area contributed by atoms with Crippen molar-refractivity contribution < 1.29 is 23.8 Å². The highest BCUT2D eigenvalue weighted by atomic mass is 16.5. The third-order valence-corrected chi connectivity index (χ3v) is 4.76. The number of anilines is 1. The van der Waals surface area contributed by atoms with Gasteiger partial charge in [0.1, 0.15) is 19.0 Å². The van der Waals surface area contributed by atoms with Crippen molar-refractivity contribution in [2.24, 2.45) is 0 Å². The molecule has 7 nitrogen and oxygen atoms in total. The lowest BCUT2D eigenvalue weighted by molar-refractivity contribution is -0.116. The predicted octanol–water partition coefficient (Wildman–Crippen LogP) is 4.83. The van der Waals surface area contributed by atoms with Crippen molar-refractivity contribution in [1.29, 1.82) is 0 Å². The van der Waals surface area contributed by atoms with E-state index in [1.54, 1.807) is 12.1 Å². The van der Waals surface area contributed by atoms with E-state index < -0.39 is 0 Å². The molecule has 182 valence electrons. The lowest BCUT2D eigenvalue weighted by Crippen LogP contribution is -2.20. The number of nitrogens with one attached hydrogen (secondary N) is 2. The van der Waals surface area contributed by atoms with Gasteiger partial charge in [-0.25, -0.2) is 0 Å². The van der Waals surface area contributed by atoms with Crippen LogP contribution in [0.2, 0.25) is 0 Å². The van der Waals surface area contributed by atoms with Crippen molar-refractivity contribution in [2.75, 3.05) is 25.1 Å². The molecular formula is C28H30N2O5. The summed E-state index contributed by atoms with van der Waals surface area (Å²) in [5.74, 6) is 1.64. The van der Waals surface area contributed by atoms with Crippen LogP contribution in [0.25, 0.3) is 6.08 Å². The number of benzene rings is 3. The molecule has 0 fully saturated rings. The molecule has 35 heavy (non-hydrogen) atoms. The average Bonchev–Trinajstić information content (AvgIpc) is 2.85. The molecule has 0 aliphatic rings. The highest BCUT2D eigenvalue weighted by molar-refractivity contribution is 5.92. The Balaban J connectivity index is 1.52. The van der Waals surface area contributed by atoms with E-state index in [2.05, 4.69) is 10.6 Å². The SMILES string of the molecule is CCOc1cc(/C=C/C(=O)NCc2cccc(NC(C)=O)c2)ccc1OCCOc1ccccc1. The van der Waals surface area contributed by atoms with Crippen LogP contribution in [0.4, 0.5) is 5.69 Å². The second kappa shape index (κ2) is 13.4. The Morgan fingerprint density at radius 1 is 0.857 bits per heavy atom. The second-order valence-electron chi connectivity index (χ2n) is 7.58. The summed E-state index contributed by atoms with van der Waals surface area (Å²) in [6, 6.07) is 22.4. The molecule has 3 aromatic carbocycles. The van der Waals surface area contributed by atoms with Gasteiger partial charge in [0.15, 0.2) is 11.5 Å². The molecule has 2 N–H and O–H groups in total. The third-order valence-electron chi connectivity index (χ3n) is 4.76. The van der Waals surface area contributed by atoms with Crippen molar-refractivity contribution >= 4 is 23.6 Å². The van der Waals surface area contributed by atoms with E-state index >= 15 is 0 Å². The summed E-state index contributed by atoms with van der Waals surface area (Å²) in [7, 11) is 0. The number of amides is 2. The second-order valence-corrected chi connectivity index (χ2v) is 7.58. The molecule has 0 aromatic heterocycles. The average molecular weight is 475 g/mol. The van der Waals surface area contributed by atoms with E-state index in [1.807, 2.05) is 73.7 Å². The first-order chi connectivity index (χ1) is 17.0. The van der Waals surface area contributed by atoms with E-state index in [-0.39, 0.29) is 11.8 Å². The fourth-order valence-electron chi connectivity index (χ4n) is 3.23. The smallest absolute Gasteiger partial charge is 0.244 e. The highest BCUT2D eigenvalue weighted by Crippen LogP contribution is 2.29. The molecule has 3 aromatic rings. The molecule has 0 atom stereocenters. The number of hydrogen-bond acceptors (Lipinski definition) is 5. The Morgan fingerprint density at radius 2 is 1.66 bits per heavy atom. The largest absolute Gasteiger partial charge is 0.490 e. The fraction of sp³-hybridized carbons (Fsp3) is 0.214. The van der Waals surface area contributed by atoms with Gasteiger partial charge in [-0.3, -0.25) is 9.59 Å². The topological polar surface area (TPSA) is 85.9 Å². The number of carbonyl (C=O) groups is 2. The first-order valence-electron chi connectivity index (χ1n) is 11.4. The molecule has 0 aliphatic heterocycles. The summed E-state index contributed by atoms with van der Waals surface area (Å²) in [5.41, 5.74) is 2.38. The number of carbonyl (C=O) groups excluding carboxylic acids is 2. The lowest BCUT2D eigenvalue weighted by atomic mass is 10.1. The van der Waals surface area contributed by atoms with Gasteiger partial charge in [0.05, 0.1) is 6.61 Å². The van der Waals surface area contributed by atoms with Crippen LogP contribution < -0.4 is 24.8 Å². The maximum atomic E-state index is 12.3. The van der Waals surface area contributed by atoms with Gasteiger partial charge in [-0.2, -0.15) is 0 Å². The zero-order chi connectivity index (χ0) is 24.9. The van der Waals surface area contributed by atoms with Gasteiger partial charge in [0.25, 0.3) is 0 Å². The molecule has 0 radical (unpaired) electrons. The van der Waals surface area contributed by atoms with Gasteiger partial charge < -0.3 is 24.8 Å². The van der Waals surface area contributed by atoms with Crippen LogP contribution in [0.3, 0.4) is 0 Å². The quantitative estimate of drug-likeness (QED) is 0.290. The van der Waals surface area contributed by atoms with Crippen LogP contribution in [-0.4, -0.2) is 31.6 Å². The maximum Gasteiger partial charge on any atom is 0.244 e. The Bertz CT molecular complexity index is 1150. The zero-order valence-corrected chi connectivity index (χ0v) is 20.0. The minimum atomic E-state index is -0.230. The van der Waals surface area contributed by atoms with Gasteiger partial charge in [0.2, 0.25) is 11.8 Å². The van der Waals surface area contributed by atoms with E-state index in [0.29, 0.717) is 43.6 Å². The summed E-state index contributed by atoms with van der Waals surface area (Å²) in [6.45, 7) is 4.97. The first-order valence-corrected chi connectivity index (χ1v) is 11.4. The summed E-state index contributed by atoms with van der Waals surface area (Å²) in [6.07, 6.45) is 3.19. The van der Waals surface area contributed by atoms with Crippen molar-refractivity contribution in [3.05, 3.63) is 90.0 Å². The summed E-state index contributed by atoms with van der Waals surface area (Å²) in [4.78, 5) is 23.5. The van der Waals surface area contributed by atoms with Crippen molar-refractivity contribution in [1.82, 2.24) is 5.32 Å². The monoisotopic (exact) mass is 474 g/mol. The number of hydrogen-bond donors (Lipinski definition) is 2. The highest BCUT2D eigenvalue weighted by Gasteiger charge is 2.07. The van der Waals surface area contributed by atoms with E-state index in [9.17, 15) is 9.59 Å². The molecule has 0 saturated carbocycles. The minimum absolute atomic E-state index is 0.141. The van der Waals surface area contributed by atoms with Crippen molar-refractivity contribution in [3.63, 3.8) is 0 Å². The molecule has 0 unspecified atom stereocenters. The van der Waals surface area contributed by atoms with Crippen LogP contribution in [0.1, 0.15) is 25.0 Å². The molecule has 0 spiro atoms. The fourth-order valence-corrected chi connectivity index (χ4v) is 3.23. The van der Waals surface area contributed by atoms with Gasteiger partial charge in [-0.1, -0.05) is 36.4 Å². The van der Waals surface area contributed by atoms with E-state index in [4.69, 9.17) is 14.2 Å². The number of rotatable bonds is 12. The van der Waals surface area contributed by atoms with Gasteiger partial charge >= 0.3 is 0 Å². The first kappa shape index (κ1) is 25.4. The van der Waals surface area contributed by atoms with Crippen molar-refractivity contribution in [3.8, 4) is 17.2 Å². The van der Waals surface area contributed by atoms with Crippen LogP contribution in [-0.2, 0) is 16.1 Å². The normalized spacial score (nSPS) is 10.6. The summed E-state index contributed by atoms with van der Waals surface area (Å²) >= 11 is 0. The van der Waals surface area contributed by atoms with Crippen LogP contribution in [0, 0.1) is 0 Å². The Kier molecular flexibility index (Phi) is 9.75. The van der Waals surface area contributed by atoms with Crippen molar-refractivity contribution in [2.45, 2.75) is 20.4 Å². The van der Waals surface area contributed by atoms with Crippen LogP contribution in [0.15, 0.2) is 78.9 Å². The number of ether oxygens (including phenoxy) is 3. The standard InChI is InChI=1S/C28H30N2O5/c1-3-33-27-19-22(12-14-26(27)35-17-16-34-25-10-5-4-6-11-25)13-15-28(32)29-20-23-8-7-9-24(18-23)30-21(2)31/h4-15,18-19H,3,16-17,20H2,1-2H3,(H,29,32)(H,30,31)/b15-13+. The van der Waals surface area contributed by atoms with Gasteiger partial charge in [0, 0.05) is 25.2 Å². The van der Waals surface area contributed by atoms with Crippen LogP contribution >= 0.6 is 0 Å². The van der Waals surface area contributed by atoms with E-state index in [0.717, 1.165) is 16.9 Å².